The highest BCUT2D eigenvalue weighted by Crippen LogP contribution is 2.20. The van der Waals surface area contributed by atoms with E-state index in [0.717, 1.165) is 24.3 Å². The lowest BCUT2D eigenvalue weighted by Gasteiger charge is -2.09. The molecule has 1 atom stereocenters. The number of hydrogen-bond donors (Lipinski definition) is 1. The highest BCUT2D eigenvalue weighted by Gasteiger charge is 2.14. The molecule has 0 amide bonds. The van der Waals surface area contributed by atoms with E-state index in [1.165, 1.54) is 5.56 Å². The van der Waals surface area contributed by atoms with E-state index in [4.69, 9.17) is 10.3 Å². The van der Waals surface area contributed by atoms with E-state index >= 15 is 0 Å². The van der Waals surface area contributed by atoms with Crippen molar-refractivity contribution < 1.29 is 4.52 Å². The third-order valence-electron chi connectivity index (χ3n) is 2.90. The number of nitrogens with two attached hydrogens (primary N) is 1. The summed E-state index contributed by atoms with van der Waals surface area (Å²) in [4.78, 5) is 0. The molecule has 0 aliphatic rings. The van der Waals surface area contributed by atoms with E-state index in [0.29, 0.717) is 5.92 Å². The molecule has 0 saturated heterocycles. The molecule has 0 saturated carbocycles. The third-order valence-corrected chi connectivity index (χ3v) is 2.90. The fourth-order valence-corrected chi connectivity index (χ4v) is 2.02. The molecule has 2 aromatic rings. The van der Waals surface area contributed by atoms with E-state index in [9.17, 15) is 0 Å². The van der Waals surface area contributed by atoms with Crippen molar-refractivity contribution in [3.63, 3.8) is 0 Å². The fourth-order valence-electron chi connectivity index (χ4n) is 2.02. The van der Waals surface area contributed by atoms with Crippen LogP contribution in [0.5, 0.6) is 0 Å². The summed E-state index contributed by atoms with van der Waals surface area (Å²) >= 11 is 0. The van der Waals surface area contributed by atoms with Gasteiger partial charge in [-0.3, -0.25) is 0 Å². The summed E-state index contributed by atoms with van der Waals surface area (Å²) in [5.41, 5.74) is 8.24. The van der Waals surface area contributed by atoms with Gasteiger partial charge in [-0.2, -0.15) is 0 Å². The van der Waals surface area contributed by atoms with Gasteiger partial charge in [0.05, 0.1) is 11.7 Å². The minimum absolute atomic E-state index is 0.0537. The van der Waals surface area contributed by atoms with Gasteiger partial charge in [-0.05, 0) is 17.9 Å². The summed E-state index contributed by atoms with van der Waals surface area (Å²) < 4.78 is 5.32. The molecule has 3 heteroatoms. The van der Waals surface area contributed by atoms with E-state index in [-0.39, 0.29) is 6.04 Å². The predicted molar refractivity (Wildman–Crippen MR) is 72.1 cm³/mol. The Hall–Kier alpha value is -1.61. The van der Waals surface area contributed by atoms with Crippen LogP contribution in [0.1, 0.15) is 43.3 Å². The minimum Gasteiger partial charge on any atom is -0.359 e. The molecule has 3 nitrogen and oxygen atoms in total. The van der Waals surface area contributed by atoms with Crippen molar-refractivity contribution in [1.29, 1.82) is 0 Å². The van der Waals surface area contributed by atoms with Gasteiger partial charge >= 0.3 is 0 Å². The zero-order valence-electron chi connectivity index (χ0n) is 11.0. The van der Waals surface area contributed by atoms with Crippen molar-refractivity contribution in [1.82, 2.24) is 5.16 Å². The molecule has 1 heterocycles. The smallest absolute Gasteiger partial charge is 0.153 e. The molecule has 0 radical (unpaired) electrons. The van der Waals surface area contributed by atoms with E-state index < -0.39 is 0 Å². The largest absolute Gasteiger partial charge is 0.359 e. The van der Waals surface area contributed by atoms with Crippen molar-refractivity contribution in [3.8, 4) is 0 Å². The summed E-state index contributed by atoms with van der Waals surface area (Å²) in [6, 6.07) is 12.2. The Morgan fingerprint density at radius 1 is 1.22 bits per heavy atom. The summed E-state index contributed by atoms with van der Waals surface area (Å²) in [7, 11) is 0. The first-order chi connectivity index (χ1) is 8.65. The van der Waals surface area contributed by atoms with Gasteiger partial charge in [-0.25, -0.2) is 0 Å². The van der Waals surface area contributed by atoms with E-state index in [1.807, 2.05) is 24.3 Å². The topological polar surface area (TPSA) is 52.0 Å². The van der Waals surface area contributed by atoms with Crippen LogP contribution in [0.15, 0.2) is 40.9 Å². The van der Waals surface area contributed by atoms with Crippen molar-refractivity contribution >= 4 is 0 Å². The van der Waals surface area contributed by atoms with Crippen molar-refractivity contribution in [2.45, 2.75) is 32.7 Å². The van der Waals surface area contributed by atoms with Crippen LogP contribution in [0, 0.1) is 5.92 Å². The number of benzene rings is 1. The lowest BCUT2D eigenvalue weighted by atomic mass is 10.0. The second kappa shape index (κ2) is 5.83. The van der Waals surface area contributed by atoms with Crippen LogP contribution in [0.2, 0.25) is 0 Å². The van der Waals surface area contributed by atoms with Gasteiger partial charge in [-0.15, -0.1) is 0 Å². The molecule has 96 valence electrons. The number of rotatable bonds is 5. The monoisotopic (exact) mass is 244 g/mol. The molecule has 0 unspecified atom stereocenters. The molecule has 0 aliphatic heterocycles. The summed E-state index contributed by atoms with van der Waals surface area (Å²) in [6.45, 7) is 4.31. The lowest BCUT2D eigenvalue weighted by Crippen LogP contribution is -2.11. The van der Waals surface area contributed by atoms with Crippen LogP contribution in [-0.4, -0.2) is 5.16 Å². The molecule has 18 heavy (non-hydrogen) atoms. The van der Waals surface area contributed by atoms with Gasteiger partial charge in [0, 0.05) is 12.5 Å². The van der Waals surface area contributed by atoms with Gasteiger partial charge < -0.3 is 10.3 Å². The minimum atomic E-state index is -0.0537. The van der Waals surface area contributed by atoms with Crippen LogP contribution in [0.4, 0.5) is 0 Å². The number of aromatic nitrogens is 1. The Kier molecular flexibility index (Phi) is 4.15. The first kappa shape index (κ1) is 12.8. The molecule has 2 N–H and O–H groups in total. The molecule has 2 rings (SSSR count). The first-order valence-electron chi connectivity index (χ1n) is 6.40. The highest BCUT2D eigenvalue weighted by atomic mass is 16.5. The van der Waals surface area contributed by atoms with E-state index in [1.54, 1.807) is 0 Å². The maximum atomic E-state index is 6.07. The number of nitrogens with zero attached hydrogens (tertiary/aromatic N) is 1. The molecule has 1 aromatic heterocycles. The van der Waals surface area contributed by atoms with Crippen molar-refractivity contribution in [2.75, 3.05) is 0 Å². The second-order valence-electron chi connectivity index (χ2n) is 5.12. The summed E-state index contributed by atoms with van der Waals surface area (Å²) in [5.74, 6) is 1.34. The Bertz CT molecular complexity index is 476. The zero-order valence-corrected chi connectivity index (χ0v) is 11.0. The van der Waals surface area contributed by atoms with Gasteiger partial charge in [0.25, 0.3) is 0 Å². The summed E-state index contributed by atoms with van der Waals surface area (Å²) in [5, 5.41) is 4.08. The lowest BCUT2D eigenvalue weighted by molar-refractivity contribution is 0.339. The van der Waals surface area contributed by atoms with Crippen LogP contribution >= 0.6 is 0 Å². The van der Waals surface area contributed by atoms with Gasteiger partial charge in [-0.1, -0.05) is 49.3 Å². The Balaban J connectivity index is 2.02. The molecule has 0 aliphatic carbocycles. The number of hydrogen-bond acceptors (Lipinski definition) is 3. The van der Waals surface area contributed by atoms with Crippen molar-refractivity contribution in [3.05, 3.63) is 53.4 Å². The average molecular weight is 244 g/mol. The van der Waals surface area contributed by atoms with Crippen LogP contribution in [-0.2, 0) is 6.42 Å². The van der Waals surface area contributed by atoms with Crippen LogP contribution in [0.25, 0.3) is 0 Å². The summed E-state index contributed by atoms with van der Waals surface area (Å²) in [6.07, 6.45) is 1.71. The molecule has 1 aromatic carbocycles. The first-order valence-corrected chi connectivity index (χ1v) is 6.40. The van der Waals surface area contributed by atoms with Gasteiger partial charge in [0.2, 0.25) is 0 Å². The van der Waals surface area contributed by atoms with Gasteiger partial charge in [0.15, 0.2) is 5.76 Å². The zero-order chi connectivity index (χ0) is 13.0. The van der Waals surface area contributed by atoms with Crippen molar-refractivity contribution in [2.24, 2.45) is 11.7 Å². The molecule has 0 fully saturated rings. The van der Waals surface area contributed by atoms with E-state index in [2.05, 4.69) is 31.1 Å². The van der Waals surface area contributed by atoms with Crippen LogP contribution in [0.3, 0.4) is 0 Å². The quantitative estimate of drug-likeness (QED) is 0.877. The Morgan fingerprint density at radius 2 is 1.94 bits per heavy atom. The maximum Gasteiger partial charge on any atom is 0.153 e. The fraction of sp³-hybridized carbons (Fsp3) is 0.400. The standard InChI is InChI=1S/C15H20N2O/c1-11(2)8-14(16)15-10-13(17-18-15)9-12-6-4-3-5-7-12/h3-7,10-11,14H,8-9,16H2,1-2H3/t14-/m0/s1. The molecular weight excluding hydrogens is 224 g/mol. The second-order valence-corrected chi connectivity index (χ2v) is 5.12. The molecule has 0 bridgehead atoms. The maximum absolute atomic E-state index is 6.07. The molecular formula is C15H20N2O. The molecule has 0 spiro atoms. The SMILES string of the molecule is CC(C)C[C@H](N)c1cc(Cc2ccccc2)no1. The van der Waals surface area contributed by atoms with Gasteiger partial charge in [0.1, 0.15) is 0 Å². The Labute approximate surface area is 108 Å². The average Bonchev–Trinajstić information content (AvgIpc) is 2.78. The highest BCUT2D eigenvalue weighted by molar-refractivity contribution is 5.22. The van der Waals surface area contributed by atoms with Crippen LogP contribution < -0.4 is 5.73 Å². The third kappa shape index (κ3) is 3.44. The normalized spacial score (nSPS) is 12.9. The predicted octanol–water partition coefficient (Wildman–Crippen LogP) is 3.31. The Morgan fingerprint density at radius 3 is 2.61 bits per heavy atom.